The molecule has 5 heteroatoms. The first-order valence-electron chi connectivity index (χ1n) is 6.19. The van der Waals surface area contributed by atoms with Crippen LogP contribution < -0.4 is 4.74 Å². The normalized spacial score (nSPS) is 10.9. The van der Waals surface area contributed by atoms with Gasteiger partial charge in [-0.15, -0.1) is 0 Å². The maximum atomic E-state index is 6.54. The number of halogens is 3. The molecule has 0 aliphatic carbocycles. The molecule has 0 amide bonds. The van der Waals surface area contributed by atoms with Crippen molar-refractivity contribution >= 4 is 45.7 Å². The Morgan fingerprint density at radius 1 is 0.952 bits per heavy atom. The zero-order valence-corrected chi connectivity index (χ0v) is 13.3. The maximum Gasteiger partial charge on any atom is 0.139 e. The van der Waals surface area contributed by atoms with E-state index >= 15 is 0 Å². The molecular weight excluding hydrogens is 329 g/mol. The van der Waals surface area contributed by atoms with Crippen molar-refractivity contribution in [2.75, 3.05) is 7.11 Å². The Labute approximate surface area is 137 Å². The highest BCUT2D eigenvalue weighted by molar-refractivity contribution is 6.42. The average molecular weight is 339 g/mol. The lowest BCUT2D eigenvalue weighted by Crippen LogP contribution is -1.90. The lowest BCUT2D eigenvalue weighted by atomic mass is 10.0. The van der Waals surface area contributed by atoms with E-state index in [0.29, 0.717) is 20.8 Å². The number of nitrogens with zero attached hydrogens (tertiary/aromatic N) is 1. The molecule has 0 saturated carbocycles. The second-order valence-corrected chi connectivity index (χ2v) is 5.65. The summed E-state index contributed by atoms with van der Waals surface area (Å²) in [5.41, 5.74) is 2.28. The van der Waals surface area contributed by atoms with Crippen molar-refractivity contribution in [3.63, 3.8) is 0 Å². The fourth-order valence-corrected chi connectivity index (χ4v) is 2.98. The van der Waals surface area contributed by atoms with E-state index in [0.717, 1.165) is 22.2 Å². The van der Waals surface area contributed by atoms with Crippen LogP contribution in [0.3, 0.4) is 0 Å². The van der Waals surface area contributed by atoms with E-state index in [1.807, 2.05) is 30.3 Å². The largest absolute Gasteiger partial charge is 0.497 e. The molecule has 21 heavy (non-hydrogen) atoms. The molecule has 1 heterocycles. The van der Waals surface area contributed by atoms with Crippen molar-refractivity contribution in [1.82, 2.24) is 4.98 Å². The van der Waals surface area contributed by atoms with Gasteiger partial charge in [-0.3, -0.25) is 0 Å². The van der Waals surface area contributed by atoms with Crippen LogP contribution in [0.2, 0.25) is 15.2 Å². The zero-order chi connectivity index (χ0) is 15.0. The van der Waals surface area contributed by atoms with E-state index in [-0.39, 0.29) is 0 Å². The van der Waals surface area contributed by atoms with E-state index < -0.39 is 0 Å². The highest BCUT2D eigenvalue weighted by Gasteiger charge is 2.15. The third-order valence-electron chi connectivity index (χ3n) is 3.22. The van der Waals surface area contributed by atoms with Crippen molar-refractivity contribution in [2.45, 2.75) is 0 Å². The molecule has 2 aromatic carbocycles. The van der Waals surface area contributed by atoms with Crippen LogP contribution >= 0.6 is 34.8 Å². The highest BCUT2D eigenvalue weighted by Crippen LogP contribution is 2.39. The fourth-order valence-electron chi connectivity index (χ4n) is 2.16. The van der Waals surface area contributed by atoms with Crippen molar-refractivity contribution < 1.29 is 4.74 Å². The van der Waals surface area contributed by atoms with E-state index in [9.17, 15) is 0 Å². The molecule has 0 N–H and O–H groups in total. The Morgan fingerprint density at radius 2 is 1.67 bits per heavy atom. The van der Waals surface area contributed by atoms with Gasteiger partial charge in [0.1, 0.15) is 10.9 Å². The topological polar surface area (TPSA) is 22.1 Å². The number of hydrogen-bond donors (Lipinski definition) is 0. The molecule has 1 aromatic heterocycles. The van der Waals surface area contributed by atoms with Crippen molar-refractivity contribution in [3.8, 4) is 16.9 Å². The van der Waals surface area contributed by atoms with Gasteiger partial charge in [0.15, 0.2) is 0 Å². The third-order valence-corrected chi connectivity index (χ3v) is 4.14. The van der Waals surface area contributed by atoms with Crippen molar-refractivity contribution in [2.24, 2.45) is 0 Å². The predicted molar refractivity (Wildman–Crippen MR) is 88.8 cm³/mol. The first-order chi connectivity index (χ1) is 10.1. The van der Waals surface area contributed by atoms with Crippen LogP contribution in [0, 0.1) is 0 Å². The standard InChI is InChI=1S/C16H10Cl3NO/c1-21-11-6-7-13-12(8-11)15(18)14(16(19)20-13)9-2-4-10(17)5-3-9/h2-8H,1H3. The van der Waals surface area contributed by atoms with Gasteiger partial charge in [0.25, 0.3) is 0 Å². The molecule has 0 bridgehead atoms. The van der Waals surface area contributed by atoms with Gasteiger partial charge in [-0.1, -0.05) is 46.9 Å². The number of fused-ring (bicyclic) bond motifs is 1. The number of rotatable bonds is 2. The minimum absolute atomic E-state index is 0.361. The van der Waals surface area contributed by atoms with Crippen molar-refractivity contribution in [3.05, 3.63) is 57.7 Å². The molecule has 0 fully saturated rings. The average Bonchev–Trinajstić information content (AvgIpc) is 2.49. The zero-order valence-electron chi connectivity index (χ0n) is 11.0. The van der Waals surface area contributed by atoms with Gasteiger partial charge < -0.3 is 4.74 Å². The molecule has 0 spiro atoms. The molecule has 0 unspecified atom stereocenters. The van der Waals surface area contributed by atoms with Gasteiger partial charge in [-0.05, 0) is 35.9 Å². The van der Waals surface area contributed by atoms with Crippen LogP contribution in [-0.2, 0) is 0 Å². The van der Waals surface area contributed by atoms with Crippen LogP contribution in [0.15, 0.2) is 42.5 Å². The van der Waals surface area contributed by atoms with Crippen LogP contribution in [-0.4, -0.2) is 12.1 Å². The van der Waals surface area contributed by atoms with Crippen molar-refractivity contribution in [1.29, 1.82) is 0 Å². The number of aromatic nitrogens is 1. The van der Waals surface area contributed by atoms with Crippen LogP contribution in [0.4, 0.5) is 0 Å². The van der Waals surface area contributed by atoms with E-state index in [4.69, 9.17) is 39.5 Å². The molecule has 106 valence electrons. The Bertz CT molecular complexity index is 816. The molecule has 0 aliphatic rings. The Morgan fingerprint density at radius 3 is 2.33 bits per heavy atom. The maximum absolute atomic E-state index is 6.54. The molecular formula is C16H10Cl3NO. The Balaban J connectivity index is 2.29. The van der Waals surface area contributed by atoms with Gasteiger partial charge in [-0.2, -0.15) is 0 Å². The molecule has 0 radical (unpaired) electrons. The van der Waals surface area contributed by atoms with E-state index in [1.54, 1.807) is 19.2 Å². The fraction of sp³-hybridized carbons (Fsp3) is 0.0625. The number of methoxy groups -OCH3 is 1. The van der Waals surface area contributed by atoms with Gasteiger partial charge in [0.2, 0.25) is 0 Å². The number of benzene rings is 2. The molecule has 3 rings (SSSR count). The van der Waals surface area contributed by atoms with Crippen LogP contribution in [0.5, 0.6) is 5.75 Å². The van der Waals surface area contributed by atoms with E-state index in [2.05, 4.69) is 4.98 Å². The summed E-state index contributed by atoms with van der Waals surface area (Å²) in [7, 11) is 1.61. The summed E-state index contributed by atoms with van der Waals surface area (Å²) in [5, 5.41) is 2.36. The number of ether oxygens (including phenoxy) is 1. The number of hydrogen-bond acceptors (Lipinski definition) is 2. The SMILES string of the molecule is COc1ccc2nc(Cl)c(-c3ccc(Cl)cc3)c(Cl)c2c1. The van der Waals surface area contributed by atoms with Gasteiger partial charge in [-0.25, -0.2) is 4.98 Å². The first kappa shape index (κ1) is 14.5. The molecule has 0 aliphatic heterocycles. The van der Waals surface area contributed by atoms with Gasteiger partial charge >= 0.3 is 0 Å². The lowest BCUT2D eigenvalue weighted by Gasteiger charge is -2.11. The molecule has 2 nitrogen and oxygen atoms in total. The highest BCUT2D eigenvalue weighted by atomic mass is 35.5. The smallest absolute Gasteiger partial charge is 0.139 e. The predicted octanol–water partition coefficient (Wildman–Crippen LogP) is 5.87. The number of pyridine rings is 1. The molecule has 3 aromatic rings. The second-order valence-electron chi connectivity index (χ2n) is 4.48. The lowest BCUT2D eigenvalue weighted by molar-refractivity contribution is 0.415. The summed E-state index contributed by atoms with van der Waals surface area (Å²) in [6.45, 7) is 0. The minimum Gasteiger partial charge on any atom is -0.497 e. The van der Waals surface area contributed by atoms with Crippen LogP contribution in [0.1, 0.15) is 0 Å². The quantitative estimate of drug-likeness (QED) is 0.545. The summed E-state index contributed by atoms with van der Waals surface area (Å²) in [4.78, 5) is 4.40. The van der Waals surface area contributed by atoms with E-state index in [1.165, 1.54) is 0 Å². The summed E-state index contributed by atoms with van der Waals surface area (Å²) >= 11 is 18.7. The summed E-state index contributed by atoms with van der Waals surface area (Å²) in [6, 6.07) is 12.8. The molecule has 0 saturated heterocycles. The summed E-state index contributed by atoms with van der Waals surface area (Å²) in [6.07, 6.45) is 0. The van der Waals surface area contributed by atoms with Crippen LogP contribution in [0.25, 0.3) is 22.0 Å². The third kappa shape index (κ3) is 2.67. The molecule has 0 atom stereocenters. The van der Waals surface area contributed by atoms with Gasteiger partial charge in [0.05, 0.1) is 17.6 Å². The summed E-state index contributed by atoms with van der Waals surface area (Å²) < 4.78 is 5.23. The minimum atomic E-state index is 0.361. The Hall–Kier alpha value is -1.48. The Kier molecular flexibility index (Phi) is 3.94. The second kappa shape index (κ2) is 5.72. The summed E-state index contributed by atoms with van der Waals surface area (Å²) in [5.74, 6) is 0.718. The van der Waals surface area contributed by atoms with Gasteiger partial charge in [0, 0.05) is 16.0 Å². The first-order valence-corrected chi connectivity index (χ1v) is 7.32. The monoisotopic (exact) mass is 337 g/mol.